The van der Waals surface area contributed by atoms with Gasteiger partial charge >= 0.3 is 0 Å². The van der Waals surface area contributed by atoms with Gasteiger partial charge in [-0.05, 0) is 6.08 Å². The zero-order chi connectivity index (χ0) is 5.98. The van der Waals surface area contributed by atoms with Crippen molar-refractivity contribution in [2.45, 2.75) is 5.56 Å². The van der Waals surface area contributed by atoms with Gasteiger partial charge in [0.15, 0.2) is 16.6 Å². The molecule has 0 aromatic rings. The molecule has 1 unspecified atom stereocenters. The largest absolute Gasteiger partial charge is 0.266 e. The number of rotatable bonds is 0. The lowest BCUT2D eigenvalue weighted by atomic mass is 10.5. The van der Waals surface area contributed by atoms with Crippen LogP contribution in [-0.2, 0) is 15.3 Å². The second kappa shape index (κ2) is 2.62. The molecule has 2 atom stereocenters. The predicted octanol–water partition coefficient (Wildman–Crippen LogP) is 0.801. The molecule has 0 saturated carbocycles. The second-order valence-corrected chi connectivity index (χ2v) is 2.91. The van der Waals surface area contributed by atoms with E-state index >= 15 is 0 Å². The fraction of sp³-hybridized carbons (Fsp3) is 0.500. The highest BCUT2D eigenvalue weighted by Crippen LogP contribution is 2.08. The summed E-state index contributed by atoms with van der Waals surface area (Å²) in [5.41, 5.74) is -0.496. The average Bonchev–Trinajstić information content (AvgIpc) is 1.64. The number of hydrogen-bond acceptors (Lipinski definition) is 2. The molecule has 2 nitrogen and oxygen atoms in total. The van der Waals surface area contributed by atoms with Crippen molar-refractivity contribution < 1.29 is 8.39 Å². The SMILES string of the molecule is O=S1CC=C[C@@H](Cl)O1. The van der Waals surface area contributed by atoms with Crippen LogP contribution in [0.15, 0.2) is 12.2 Å². The molecule has 4 heteroatoms. The number of halogens is 1. The molecule has 0 saturated heterocycles. The molecule has 0 fully saturated rings. The molecule has 1 heterocycles. The van der Waals surface area contributed by atoms with Crippen LogP contribution in [0.3, 0.4) is 0 Å². The first-order valence-electron chi connectivity index (χ1n) is 2.15. The number of alkyl halides is 1. The van der Waals surface area contributed by atoms with Crippen molar-refractivity contribution >= 4 is 22.7 Å². The monoisotopic (exact) mass is 152 g/mol. The molecule has 0 aromatic carbocycles. The minimum absolute atomic E-state index is 0.462. The summed E-state index contributed by atoms with van der Waals surface area (Å²) in [6, 6.07) is 0. The van der Waals surface area contributed by atoms with Crippen molar-refractivity contribution in [1.29, 1.82) is 0 Å². The molecule has 0 aliphatic carbocycles. The van der Waals surface area contributed by atoms with Gasteiger partial charge in [-0.2, -0.15) is 0 Å². The first kappa shape index (κ1) is 6.26. The Kier molecular flexibility index (Phi) is 2.05. The van der Waals surface area contributed by atoms with E-state index in [0.29, 0.717) is 5.75 Å². The van der Waals surface area contributed by atoms with Crippen LogP contribution in [0.2, 0.25) is 0 Å². The Labute approximate surface area is 55.1 Å². The van der Waals surface area contributed by atoms with E-state index in [1.807, 2.05) is 0 Å². The maximum absolute atomic E-state index is 10.4. The smallest absolute Gasteiger partial charge is 0.166 e. The van der Waals surface area contributed by atoms with Crippen molar-refractivity contribution in [2.24, 2.45) is 0 Å². The van der Waals surface area contributed by atoms with Gasteiger partial charge in [0.05, 0.1) is 5.75 Å². The van der Waals surface area contributed by atoms with Crippen molar-refractivity contribution in [1.82, 2.24) is 0 Å². The highest BCUT2D eigenvalue weighted by atomic mass is 35.5. The standard InChI is InChI=1S/C4H5ClO2S/c5-4-2-1-3-8(6)7-4/h1-2,4H,3H2/t4-,8?/m0/s1. The van der Waals surface area contributed by atoms with Gasteiger partial charge in [0, 0.05) is 0 Å². The van der Waals surface area contributed by atoms with Gasteiger partial charge in [-0.15, -0.1) is 0 Å². The van der Waals surface area contributed by atoms with Gasteiger partial charge in [-0.1, -0.05) is 17.7 Å². The van der Waals surface area contributed by atoms with E-state index in [0.717, 1.165) is 0 Å². The molecular formula is C4H5ClO2S. The Hall–Kier alpha value is 0.140. The summed E-state index contributed by atoms with van der Waals surface area (Å²) in [4.78, 5) is 0. The van der Waals surface area contributed by atoms with Crippen LogP contribution in [0.5, 0.6) is 0 Å². The summed E-state index contributed by atoms with van der Waals surface area (Å²) in [5, 5.41) is 0. The van der Waals surface area contributed by atoms with Gasteiger partial charge in [0.1, 0.15) is 0 Å². The zero-order valence-corrected chi connectivity index (χ0v) is 5.61. The van der Waals surface area contributed by atoms with E-state index in [1.54, 1.807) is 12.2 Å². The van der Waals surface area contributed by atoms with Gasteiger partial charge in [0.25, 0.3) is 0 Å². The van der Waals surface area contributed by atoms with Gasteiger partial charge < -0.3 is 0 Å². The van der Waals surface area contributed by atoms with Crippen molar-refractivity contribution in [3.8, 4) is 0 Å². The minimum atomic E-state index is -1.19. The van der Waals surface area contributed by atoms with Crippen LogP contribution in [0, 0.1) is 0 Å². The van der Waals surface area contributed by atoms with Crippen LogP contribution >= 0.6 is 11.6 Å². The van der Waals surface area contributed by atoms with E-state index in [9.17, 15) is 4.21 Å². The molecule has 1 aliphatic rings. The molecule has 0 bridgehead atoms. The van der Waals surface area contributed by atoms with E-state index < -0.39 is 16.6 Å². The molecule has 0 spiro atoms. The van der Waals surface area contributed by atoms with Gasteiger partial charge in [-0.25, -0.2) is 4.21 Å². The van der Waals surface area contributed by atoms with E-state index in [-0.39, 0.29) is 0 Å². The van der Waals surface area contributed by atoms with Crippen LogP contribution in [0.1, 0.15) is 0 Å². The third kappa shape index (κ3) is 1.58. The second-order valence-electron chi connectivity index (χ2n) is 1.35. The maximum Gasteiger partial charge on any atom is 0.166 e. The summed E-state index contributed by atoms with van der Waals surface area (Å²) >= 11 is 4.22. The molecular weight excluding hydrogens is 148 g/mol. The quantitative estimate of drug-likeness (QED) is 0.379. The van der Waals surface area contributed by atoms with E-state index in [2.05, 4.69) is 4.18 Å². The molecule has 1 aliphatic heterocycles. The first-order valence-corrected chi connectivity index (χ1v) is 3.83. The van der Waals surface area contributed by atoms with Crippen molar-refractivity contribution in [3.63, 3.8) is 0 Å². The van der Waals surface area contributed by atoms with Crippen LogP contribution in [-0.4, -0.2) is 15.5 Å². The molecule has 1 rings (SSSR count). The third-order valence-electron chi connectivity index (χ3n) is 0.719. The highest BCUT2D eigenvalue weighted by molar-refractivity contribution is 7.80. The summed E-state index contributed by atoms with van der Waals surface area (Å²) < 4.78 is 15.1. The molecule has 46 valence electrons. The third-order valence-corrected chi connectivity index (χ3v) is 1.95. The Morgan fingerprint density at radius 3 is 3.00 bits per heavy atom. The highest BCUT2D eigenvalue weighted by Gasteiger charge is 2.09. The minimum Gasteiger partial charge on any atom is -0.266 e. The van der Waals surface area contributed by atoms with Crippen LogP contribution < -0.4 is 0 Å². The number of hydrogen-bond donors (Lipinski definition) is 0. The zero-order valence-electron chi connectivity index (χ0n) is 4.04. The lowest BCUT2D eigenvalue weighted by Gasteiger charge is -2.07. The summed E-state index contributed by atoms with van der Waals surface area (Å²) in [6.07, 6.45) is 3.42. The molecule has 0 amide bonds. The topological polar surface area (TPSA) is 26.3 Å². The van der Waals surface area contributed by atoms with Crippen molar-refractivity contribution in [2.75, 3.05) is 5.75 Å². The lowest BCUT2D eigenvalue weighted by molar-refractivity contribution is 0.354. The molecule has 8 heavy (non-hydrogen) atoms. The first-order chi connectivity index (χ1) is 3.79. The summed E-state index contributed by atoms with van der Waals surface area (Å²) in [5.74, 6) is 0.462. The summed E-state index contributed by atoms with van der Waals surface area (Å²) in [6.45, 7) is 0. The lowest BCUT2D eigenvalue weighted by Crippen LogP contribution is -2.11. The van der Waals surface area contributed by atoms with E-state index in [1.165, 1.54) is 0 Å². The van der Waals surface area contributed by atoms with Crippen molar-refractivity contribution in [3.05, 3.63) is 12.2 Å². The Morgan fingerprint density at radius 2 is 2.62 bits per heavy atom. The van der Waals surface area contributed by atoms with Crippen LogP contribution in [0.25, 0.3) is 0 Å². The molecule has 0 aromatic heterocycles. The van der Waals surface area contributed by atoms with E-state index in [4.69, 9.17) is 11.6 Å². The predicted molar refractivity (Wildman–Crippen MR) is 32.9 cm³/mol. The fourth-order valence-electron chi connectivity index (χ4n) is 0.415. The Balaban J connectivity index is 2.54. The summed E-state index contributed by atoms with van der Waals surface area (Å²) in [7, 11) is 0. The van der Waals surface area contributed by atoms with Gasteiger partial charge in [0.2, 0.25) is 0 Å². The maximum atomic E-state index is 10.4. The average molecular weight is 153 g/mol. The van der Waals surface area contributed by atoms with Crippen LogP contribution in [0.4, 0.5) is 0 Å². The van der Waals surface area contributed by atoms with Gasteiger partial charge in [-0.3, -0.25) is 4.18 Å². The normalized spacial score (nSPS) is 37.6. The fourth-order valence-corrected chi connectivity index (χ4v) is 1.38. The molecule has 0 radical (unpaired) electrons. The molecule has 0 N–H and O–H groups in total. The Bertz CT molecular complexity index is 134. The Morgan fingerprint density at radius 1 is 1.88 bits per heavy atom.